The highest BCUT2D eigenvalue weighted by Gasteiger charge is 2.26. The second-order valence-corrected chi connectivity index (χ2v) is 10.0. The third-order valence-electron chi connectivity index (χ3n) is 6.55. The van der Waals surface area contributed by atoms with E-state index in [4.69, 9.17) is 0 Å². The van der Waals surface area contributed by atoms with Crippen LogP contribution in [0.3, 0.4) is 0 Å². The molecule has 0 bridgehead atoms. The van der Waals surface area contributed by atoms with Crippen molar-refractivity contribution < 1.29 is 4.79 Å². The number of para-hydroxylation sites is 1. The van der Waals surface area contributed by atoms with Gasteiger partial charge in [0.25, 0.3) is 11.5 Å². The average molecular weight is 488 g/mol. The van der Waals surface area contributed by atoms with E-state index in [-0.39, 0.29) is 11.5 Å². The van der Waals surface area contributed by atoms with Gasteiger partial charge in [0.05, 0.1) is 5.69 Å². The van der Waals surface area contributed by atoms with Gasteiger partial charge in [-0.1, -0.05) is 59.4 Å². The molecule has 4 aromatic rings. The number of hydrogen-bond acceptors (Lipinski definition) is 5. The summed E-state index contributed by atoms with van der Waals surface area (Å²) in [5, 5.41) is 3.66. The van der Waals surface area contributed by atoms with E-state index in [1.807, 2.05) is 56.0 Å². The summed E-state index contributed by atoms with van der Waals surface area (Å²) in [7, 11) is 0. The summed E-state index contributed by atoms with van der Waals surface area (Å²) in [6.45, 7) is 8.67. The van der Waals surface area contributed by atoms with Crippen LogP contribution >= 0.6 is 11.3 Å². The lowest BCUT2D eigenvalue weighted by Crippen LogP contribution is -2.48. The number of piperazine rings is 1. The Bertz CT molecular complexity index is 1390. The molecular weight excluding hydrogens is 458 g/mol. The first-order valence-electron chi connectivity index (χ1n) is 11.8. The number of carbonyl (C=O) groups is 1. The fourth-order valence-corrected chi connectivity index (χ4v) is 5.46. The molecule has 1 aliphatic heterocycles. The molecule has 0 unspecified atom stereocenters. The molecule has 1 amide bonds. The molecule has 5 rings (SSSR count). The minimum absolute atomic E-state index is 0.0184. The SMILES string of the molecule is Cc1ccc(Cc2c(C)[nH]n(-c3nc(C)c(C(=O)N4CCN(c5ccccc5)CC4)s3)c2=O)cc1. The first-order valence-corrected chi connectivity index (χ1v) is 12.7. The van der Waals surface area contributed by atoms with Gasteiger partial charge in [-0.15, -0.1) is 0 Å². The smallest absolute Gasteiger partial charge is 0.277 e. The number of benzene rings is 2. The lowest BCUT2D eigenvalue weighted by Gasteiger charge is -2.36. The number of anilines is 1. The Morgan fingerprint density at radius 1 is 0.971 bits per heavy atom. The number of nitrogens with zero attached hydrogens (tertiary/aromatic N) is 4. The second kappa shape index (κ2) is 9.54. The van der Waals surface area contributed by atoms with Crippen molar-refractivity contribution in [1.29, 1.82) is 0 Å². The molecule has 7 nitrogen and oxygen atoms in total. The molecule has 3 heterocycles. The third-order valence-corrected chi connectivity index (χ3v) is 7.68. The van der Waals surface area contributed by atoms with E-state index in [1.165, 1.54) is 27.3 Å². The van der Waals surface area contributed by atoms with Gasteiger partial charge in [0.1, 0.15) is 4.88 Å². The van der Waals surface area contributed by atoms with Crippen LogP contribution in [0.25, 0.3) is 5.13 Å². The molecule has 1 saturated heterocycles. The lowest BCUT2D eigenvalue weighted by atomic mass is 10.0. The Balaban J connectivity index is 1.33. The van der Waals surface area contributed by atoms with Gasteiger partial charge in [-0.25, -0.2) is 4.98 Å². The maximum absolute atomic E-state index is 13.3. The molecular formula is C27H29N5O2S. The summed E-state index contributed by atoms with van der Waals surface area (Å²) in [6, 6.07) is 18.5. The van der Waals surface area contributed by atoms with Crippen LogP contribution in [0.1, 0.15) is 37.7 Å². The van der Waals surface area contributed by atoms with Crippen molar-refractivity contribution >= 4 is 22.9 Å². The van der Waals surface area contributed by atoms with Crippen LogP contribution in [0.5, 0.6) is 0 Å². The van der Waals surface area contributed by atoms with Gasteiger partial charge in [-0.05, 0) is 38.5 Å². The maximum Gasteiger partial charge on any atom is 0.277 e. The molecule has 35 heavy (non-hydrogen) atoms. The first-order chi connectivity index (χ1) is 16.9. The van der Waals surface area contributed by atoms with Crippen LogP contribution in [-0.4, -0.2) is 51.8 Å². The quantitative estimate of drug-likeness (QED) is 0.460. The zero-order chi connectivity index (χ0) is 24.5. The summed E-state index contributed by atoms with van der Waals surface area (Å²) < 4.78 is 1.47. The van der Waals surface area contributed by atoms with Crippen LogP contribution in [0.15, 0.2) is 59.4 Å². The monoisotopic (exact) mass is 487 g/mol. The number of thiazole rings is 1. The Morgan fingerprint density at radius 3 is 2.34 bits per heavy atom. The topological polar surface area (TPSA) is 74.2 Å². The zero-order valence-electron chi connectivity index (χ0n) is 20.2. The van der Waals surface area contributed by atoms with Crippen LogP contribution < -0.4 is 10.5 Å². The fraction of sp³-hybridized carbons (Fsp3) is 0.296. The van der Waals surface area contributed by atoms with Gasteiger partial charge >= 0.3 is 0 Å². The summed E-state index contributed by atoms with van der Waals surface area (Å²) in [5.41, 5.74) is 5.52. The van der Waals surface area contributed by atoms with Crippen LogP contribution in [0.2, 0.25) is 0 Å². The lowest BCUT2D eigenvalue weighted by molar-refractivity contribution is 0.0750. The van der Waals surface area contributed by atoms with Crippen molar-refractivity contribution in [3.63, 3.8) is 0 Å². The van der Waals surface area contributed by atoms with Gasteiger partial charge in [-0.2, -0.15) is 4.68 Å². The number of H-pyrrole nitrogens is 1. The average Bonchev–Trinajstić information content (AvgIpc) is 3.40. The van der Waals surface area contributed by atoms with E-state index in [0.717, 1.165) is 24.3 Å². The van der Waals surface area contributed by atoms with E-state index in [2.05, 4.69) is 39.2 Å². The summed E-state index contributed by atoms with van der Waals surface area (Å²) in [6.07, 6.45) is 0.552. The van der Waals surface area contributed by atoms with Crippen LogP contribution in [-0.2, 0) is 6.42 Å². The molecule has 0 radical (unpaired) electrons. The van der Waals surface area contributed by atoms with Gasteiger partial charge in [0, 0.05) is 49.5 Å². The fourth-order valence-electron chi connectivity index (χ4n) is 4.46. The van der Waals surface area contributed by atoms with Gasteiger partial charge < -0.3 is 9.80 Å². The molecule has 1 N–H and O–H groups in total. The standard InChI is InChI=1S/C27H29N5O2S/c1-18-9-11-21(12-10-18)17-23-19(2)29-32(25(23)33)27-28-20(3)24(35-27)26(34)31-15-13-30(14-16-31)22-7-5-4-6-8-22/h4-12,29H,13-17H2,1-3H3. The molecule has 0 atom stereocenters. The Morgan fingerprint density at radius 2 is 1.66 bits per heavy atom. The molecule has 180 valence electrons. The minimum atomic E-state index is -0.118. The normalized spacial score (nSPS) is 13.9. The van der Waals surface area contributed by atoms with E-state index in [9.17, 15) is 9.59 Å². The number of aromatic nitrogens is 3. The highest BCUT2D eigenvalue weighted by molar-refractivity contribution is 7.16. The zero-order valence-corrected chi connectivity index (χ0v) is 21.1. The highest BCUT2D eigenvalue weighted by atomic mass is 32.1. The third kappa shape index (κ3) is 4.66. The number of amides is 1. The molecule has 2 aromatic carbocycles. The molecule has 0 aliphatic carbocycles. The van der Waals surface area contributed by atoms with Crippen LogP contribution in [0, 0.1) is 20.8 Å². The van der Waals surface area contributed by atoms with E-state index in [1.54, 1.807) is 0 Å². The number of nitrogens with one attached hydrogen (secondary N) is 1. The van der Waals surface area contributed by atoms with Gasteiger partial charge in [0.15, 0.2) is 0 Å². The summed E-state index contributed by atoms with van der Waals surface area (Å²) in [4.78, 5) is 35.9. The maximum atomic E-state index is 13.3. The largest absolute Gasteiger partial charge is 0.368 e. The highest BCUT2D eigenvalue weighted by Crippen LogP contribution is 2.24. The molecule has 1 aliphatic rings. The van der Waals surface area contributed by atoms with E-state index >= 15 is 0 Å². The van der Waals surface area contributed by atoms with Gasteiger partial charge in [-0.3, -0.25) is 14.7 Å². The van der Waals surface area contributed by atoms with Crippen molar-refractivity contribution in [2.45, 2.75) is 27.2 Å². The van der Waals surface area contributed by atoms with Crippen LogP contribution in [0.4, 0.5) is 5.69 Å². The Hall–Kier alpha value is -3.65. The van der Waals surface area contributed by atoms with Crippen molar-refractivity contribution in [2.75, 3.05) is 31.1 Å². The van der Waals surface area contributed by atoms with Crippen molar-refractivity contribution in [3.05, 3.63) is 97.9 Å². The number of aryl methyl sites for hydroxylation is 3. The predicted molar refractivity (Wildman–Crippen MR) is 140 cm³/mol. The Labute approximate surface area is 208 Å². The summed E-state index contributed by atoms with van der Waals surface area (Å²) in [5.74, 6) is -0.0184. The number of rotatable bonds is 5. The van der Waals surface area contributed by atoms with Crippen molar-refractivity contribution in [1.82, 2.24) is 19.7 Å². The molecule has 0 spiro atoms. The summed E-state index contributed by atoms with van der Waals surface area (Å²) >= 11 is 1.27. The second-order valence-electron chi connectivity index (χ2n) is 9.04. The Kier molecular flexibility index (Phi) is 6.30. The number of aromatic amines is 1. The van der Waals surface area contributed by atoms with E-state index in [0.29, 0.717) is 40.8 Å². The van der Waals surface area contributed by atoms with Crippen molar-refractivity contribution in [3.8, 4) is 5.13 Å². The van der Waals surface area contributed by atoms with Gasteiger partial charge in [0.2, 0.25) is 5.13 Å². The molecule has 0 saturated carbocycles. The molecule has 1 fully saturated rings. The minimum Gasteiger partial charge on any atom is -0.368 e. The molecule has 2 aromatic heterocycles. The number of carbonyl (C=O) groups excluding carboxylic acids is 1. The van der Waals surface area contributed by atoms with Crippen molar-refractivity contribution in [2.24, 2.45) is 0 Å². The molecule has 8 heteroatoms. The first kappa shape index (κ1) is 23.1. The number of hydrogen-bond donors (Lipinski definition) is 1. The van der Waals surface area contributed by atoms with E-state index < -0.39 is 0 Å². The predicted octanol–water partition coefficient (Wildman–Crippen LogP) is 4.10.